The Hall–Kier alpha value is -2.53. The summed E-state index contributed by atoms with van der Waals surface area (Å²) in [4.78, 5) is -1.42. The van der Waals surface area contributed by atoms with E-state index in [1.807, 2.05) is 0 Å². The van der Waals surface area contributed by atoms with Crippen LogP contribution in [0.2, 0.25) is 0 Å². The van der Waals surface area contributed by atoms with Gasteiger partial charge in [-0.1, -0.05) is 30.3 Å². The summed E-state index contributed by atoms with van der Waals surface area (Å²) < 4.78 is 259. The van der Waals surface area contributed by atoms with Crippen molar-refractivity contribution < 1.29 is 83.1 Å². The first-order valence-corrected chi connectivity index (χ1v) is 13.3. The molecule has 1 heterocycles. The standard InChI is InChI=1S/C22H9F17INO2S/c23-15(24,10-4-3-5-11(8-10)44(42,43)41-9-13(40)12-6-1-2-7-14(12)41)16(25,26)17(27,28)18(29,30)19(31,32)20(33,34)21(35,36)22(37,38)39/h1-9H. The molecule has 0 bridgehead atoms. The predicted molar refractivity (Wildman–Crippen MR) is 123 cm³/mol. The first kappa shape index (κ1) is 35.9. The van der Waals surface area contributed by atoms with Crippen LogP contribution in [-0.4, -0.2) is 54.1 Å². The molecule has 0 amide bonds. The fourth-order valence-corrected chi connectivity index (χ4v) is 5.96. The average Bonchev–Trinajstić information content (AvgIpc) is 3.24. The van der Waals surface area contributed by atoms with Gasteiger partial charge in [0.05, 0.1) is 10.4 Å². The fourth-order valence-electron chi connectivity index (χ4n) is 3.62. The summed E-state index contributed by atoms with van der Waals surface area (Å²) in [5.74, 6) is -57.8. The third-order valence-electron chi connectivity index (χ3n) is 6.10. The number of halogens is 18. The summed E-state index contributed by atoms with van der Waals surface area (Å²) in [7, 11) is -5.12. The zero-order chi connectivity index (χ0) is 34.3. The maximum Gasteiger partial charge on any atom is 0.460 e. The van der Waals surface area contributed by atoms with E-state index in [0.29, 0.717) is 10.0 Å². The topological polar surface area (TPSA) is 39.1 Å². The Bertz CT molecular complexity index is 1680. The highest BCUT2D eigenvalue weighted by molar-refractivity contribution is 14.1. The van der Waals surface area contributed by atoms with Crippen LogP contribution < -0.4 is 0 Å². The second-order valence-electron chi connectivity index (χ2n) is 8.84. The minimum absolute atomic E-state index is 0.149. The van der Waals surface area contributed by atoms with Gasteiger partial charge < -0.3 is 0 Å². The number of fused-ring (bicyclic) bond motifs is 1. The van der Waals surface area contributed by atoms with E-state index >= 15 is 0 Å². The van der Waals surface area contributed by atoms with Gasteiger partial charge in [0, 0.05) is 20.7 Å². The van der Waals surface area contributed by atoms with Crippen molar-refractivity contribution in [2.45, 2.75) is 52.5 Å². The van der Waals surface area contributed by atoms with Crippen LogP contribution in [0.15, 0.2) is 59.6 Å². The first-order chi connectivity index (χ1) is 19.5. The summed E-state index contributed by atoms with van der Waals surface area (Å²) in [5, 5.41) is 0.236. The molecule has 0 spiro atoms. The molecule has 246 valence electrons. The molecule has 0 saturated heterocycles. The summed E-state index contributed by atoms with van der Waals surface area (Å²) in [6.45, 7) is 0. The van der Waals surface area contributed by atoms with Gasteiger partial charge in [-0.3, -0.25) is 0 Å². The van der Waals surface area contributed by atoms with Crippen molar-refractivity contribution in [2.75, 3.05) is 0 Å². The molecule has 1 aromatic heterocycles. The zero-order valence-electron chi connectivity index (χ0n) is 20.2. The van der Waals surface area contributed by atoms with E-state index in [4.69, 9.17) is 0 Å². The SMILES string of the molecule is O=S(=O)(c1cccc(C(F)(F)C(F)(F)C(F)(F)C(F)(F)C(F)(F)C(F)(F)C(F)(F)C(F)(F)F)c1)n1cc(I)c2ccccc21. The van der Waals surface area contributed by atoms with Crippen LogP contribution in [0.1, 0.15) is 5.56 Å². The summed E-state index contributed by atoms with van der Waals surface area (Å²) in [6, 6.07) is 5.06. The Kier molecular flexibility index (Phi) is 8.36. The van der Waals surface area contributed by atoms with Crippen molar-refractivity contribution in [3.63, 3.8) is 0 Å². The number of aromatic nitrogens is 1. The van der Waals surface area contributed by atoms with Crippen molar-refractivity contribution >= 4 is 43.5 Å². The molecule has 0 aliphatic heterocycles. The van der Waals surface area contributed by atoms with Gasteiger partial charge in [0.2, 0.25) is 0 Å². The number of rotatable bonds is 9. The number of nitrogens with zero attached hydrogens (tertiary/aromatic N) is 1. The second kappa shape index (κ2) is 10.2. The molecule has 0 aliphatic rings. The van der Waals surface area contributed by atoms with E-state index in [9.17, 15) is 83.1 Å². The molecule has 3 aromatic rings. The quantitative estimate of drug-likeness (QED) is 0.160. The van der Waals surface area contributed by atoms with Crippen LogP contribution in [0.5, 0.6) is 0 Å². The van der Waals surface area contributed by atoms with Crippen LogP contribution in [0, 0.1) is 3.57 Å². The lowest BCUT2D eigenvalue weighted by molar-refractivity contribution is -0.462. The number of benzene rings is 2. The number of hydrogen-bond acceptors (Lipinski definition) is 2. The lowest BCUT2D eigenvalue weighted by atomic mass is 9.87. The molecule has 3 rings (SSSR count). The maximum absolute atomic E-state index is 14.8. The Morgan fingerprint density at radius 3 is 1.52 bits per heavy atom. The van der Waals surface area contributed by atoms with Crippen LogP contribution in [0.25, 0.3) is 10.9 Å². The fraction of sp³-hybridized carbons (Fsp3) is 0.364. The summed E-state index contributed by atoms with van der Waals surface area (Å²) >= 11 is 1.62. The number of hydrogen-bond donors (Lipinski definition) is 0. The van der Waals surface area contributed by atoms with Crippen LogP contribution in [-0.2, 0) is 15.9 Å². The Morgan fingerprint density at radius 2 is 1.02 bits per heavy atom. The molecule has 22 heteroatoms. The molecule has 2 aromatic carbocycles. The van der Waals surface area contributed by atoms with Gasteiger partial charge in [-0.2, -0.15) is 74.6 Å². The van der Waals surface area contributed by atoms with E-state index in [1.54, 1.807) is 22.6 Å². The van der Waals surface area contributed by atoms with E-state index in [1.165, 1.54) is 24.3 Å². The van der Waals surface area contributed by atoms with E-state index < -0.39 is 74.2 Å². The van der Waals surface area contributed by atoms with Gasteiger partial charge in [-0.15, -0.1) is 0 Å². The summed E-state index contributed by atoms with van der Waals surface area (Å²) in [5.41, 5.74) is -2.77. The Morgan fingerprint density at radius 1 is 0.568 bits per heavy atom. The molecule has 0 N–H and O–H groups in total. The largest absolute Gasteiger partial charge is 0.460 e. The van der Waals surface area contributed by atoms with Gasteiger partial charge in [0.1, 0.15) is 0 Å². The molecule has 0 atom stereocenters. The molecule has 0 aliphatic carbocycles. The third-order valence-corrected chi connectivity index (χ3v) is 8.63. The van der Waals surface area contributed by atoms with E-state index in [-0.39, 0.29) is 26.6 Å². The Balaban J connectivity index is 2.16. The molecular weight excluding hydrogens is 792 g/mol. The van der Waals surface area contributed by atoms with Crippen molar-refractivity contribution in [3.8, 4) is 0 Å². The van der Waals surface area contributed by atoms with Crippen molar-refractivity contribution in [1.29, 1.82) is 0 Å². The Labute approximate surface area is 246 Å². The lowest BCUT2D eigenvalue weighted by Gasteiger charge is -2.42. The van der Waals surface area contributed by atoms with Gasteiger partial charge >= 0.3 is 47.6 Å². The van der Waals surface area contributed by atoms with Gasteiger partial charge in [0.25, 0.3) is 10.0 Å². The minimum atomic E-state index is -8.76. The van der Waals surface area contributed by atoms with Gasteiger partial charge in [-0.25, -0.2) is 12.4 Å². The molecule has 44 heavy (non-hydrogen) atoms. The highest BCUT2D eigenvalue weighted by Crippen LogP contribution is 2.65. The van der Waals surface area contributed by atoms with Crippen LogP contribution in [0.3, 0.4) is 0 Å². The normalized spacial score (nSPS) is 15.2. The first-order valence-electron chi connectivity index (χ1n) is 10.8. The highest BCUT2D eigenvalue weighted by Gasteiger charge is 2.95. The van der Waals surface area contributed by atoms with Crippen LogP contribution >= 0.6 is 22.6 Å². The second-order valence-corrected chi connectivity index (χ2v) is 11.8. The molecule has 0 unspecified atom stereocenters. The number of alkyl halides is 17. The highest BCUT2D eigenvalue weighted by atomic mass is 127. The maximum atomic E-state index is 14.8. The lowest BCUT2D eigenvalue weighted by Crippen LogP contribution is -2.74. The van der Waals surface area contributed by atoms with E-state index in [0.717, 1.165) is 6.20 Å². The van der Waals surface area contributed by atoms with Crippen molar-refractivity contribution in [3.05, 3.63) is 63.9 Å². The monoisotopic (exact) mass is 801 g/mol. The summed E-state index contributed by atoms with van der Waals surface area (Å²) in [6.07, 6.45) is -6.97. The van der Waals surface area contributed by atoms with Crippen LogP contribution in [0.4, 0.5) is 74.6 Å². The molecule has 0 saturated carbocycles. The van der Waals surface area contributed by atoms with Crippen molar-refractivity contribution in [2.24, 2.45) is 0 Å². The molecule has 0 radical (unpaired) electrons. The number of para-hydroxylation sites is 1. The average molecular weight is 801 g/mol. The smallest absolute Gasteiger partial charge is 0.240 e. The van der Waals surface area contributed by atoms with Gasteiger partial charge in [-0.05, 0) is 40.8 Å². The molecule has 3 nitrogen and oxygen atoms in total. The molecular formula is C22H9F17INO2S. The third kappa shape index (κ3) is 4.70. The predicted octanol–water partition coefficient (Wildman–Crippen LogP) is 8.95. The van der Waals surface area contributed by atoms with Gasteiger partial charge in [0.15, 0.2) is 0 Å². The van der Waals surface area contributed by atoms with Crippen molar-refractivity contribution in [1.82, 2.24) is 3.97 Å². The van der Waals surface area contributed by atoms with E-state index in [2.05, 4.69) is 0 Å². The zero-order valence-corrected chi connectivity index (χ0v) is 23.1. The molecule has 0 fully saturated rings. The minimum Gasteiger partial charge on any atom is -0.240 e.